The van der Waals surface area contributed by atoms with Crippen molar-refractivity contribution in [2.75, 3.05) is 0 Å². The summed E-state index contributed by atoms with van der Waals surface area (Å²) >= 11 is 0. The smallest absolute Gasteiger partial charge is 0.167 e. The summed E-state index contributed by atoms with van der Waals surface area (Å²) in [6.07, 6.45) is 3.50. The molecule has 4 heteroatoms. The van der Waals surface area contributed by atoms with Crippen LogP contribution in [-0.2, 0) is 10.8 Å². The lowest BCUT2D eigenvalue weighted by Crippen LogP contribution is -2.22. The van der Waals surface area contributed by atoms with E-state index in [1.54, 1.807) is 12.4 Å². The zero-order valence-electron chi connectivity index (χ0n) is 14.8. The Morgan fingerprint density at radius 3 is 2.13 bits per heavy atom. The molecular formula is C19H24N4. The quantitative estimate of drug-likeness (QED) is 0.715. The van der Waals surface area contributed by atoms with Gasteiger partial charge >= 0.3 is 0 Å². The van der Waals surface area contributed by atoms with Gasteiger partial charge < -0.3 is 0 Å². The molecule has 0 atom stereocenters. The Hall–Kier alpha value is -2.32. The number of nitrogens with zero attached hydrogens (tertiary/aromatic N) is 4. The van der Waals surface area contributed by atoms with E-state index < -0.39 is 0 Å². The highest BCUT2D eigenvalue weighted by Gasteiger charge is 2.28. The van der Waals surface area contributed by atoms with Gasteiger partial charge in [-0.05, 0) is 34.6 Å². The van der Waals surface area contributed by atoms with Gasteiger partial charge in [0.05, 0.1) is 0 Å². The van der Waals surface area contributed by atoms with Gasteiger partial charge in [0.15, 0.2) is 11.6 Å². The summed E-state index contributed by atoms with van der Waals surface area (Å²) in [6.45, 7) is 13.1. The number of hydrogen-bond acceptors (Lipinski definition) is 4. The average molecular weight is 308 g/mol. The van der Waals surface area contributed by atoms with Crippen LogP contribution in [-0.4, -0.2) is 16.0 Å². The summed E-state index contributed by atoms with van der Waals surface area (Å²) in [4.78, 5) is 17.1. The molecule has 0 aromatic carbocycles. The van der Waals surface area contributed by atoms with Crippen LogP contribution in [0.15, 0.2) is 46.6 Å². The van der Waals surface area contributed by atoms with Crippen LogP contribution in [0.2, 0.25) is 0 Å². The molecule has 2 heterocycles. The second-order valence-corrected chi connectivity index (χ2v) is 7.57. The fourth-order valence-corrected chi connectivity index (χ4v) is 2.44. The third-order valence-corrected chi connectivity index (χ3v) is 3.46. The minimum atomic E-state index is -0.0671. The molecule has 4 nitrogen and oxygen atoms in total. The minimum absolute atomic E-state index is 0.0218. The maximum absolute atomic E-state index is 4.44. The van der Waals surface area contributed by atoms with Gasteiger partial charge in [0.25, 0.3) is 0 Å². The van der Waals surface area contributed by atoms with Crippen molar-refractivity contribution in [1.29, 1.82) is 0 Å². The van der Waals surface area contributed by atoms with Crippen LogP contribution in [0.25, 0.3) is 0 Å². The summed E-state index contributed by atoms with van der Waals surface area (Å²) in [7, 11) is 0. The van der Waals surface area contributed by atoms with Crippen LogP contribution in [0.4, 0.5) is 11.6 Å². The maximum Gasteiger partial charge on any atom is 0.167 e. The largest absolute Gasteiger partial charge is 0.236 e. The van der Waals surface area contributed by atoms with Crippen LogP contribution >= 0.6 is 0 Å². The van der Waals surface area contributed by atoms with Crippen molar-refractivity contribution < 1.29 is 0 Å². The molecule has 0 radical (unpaired) electrons. The Labute approximate surface area is 138 Å². The van der Waals surface area contributed by atoms with Crippen molar-refractivity contribution in [1.82, 2.24) is 9.97 Å². The second kappa shape index (κ2) is 6.43. The van der Waals surface area contributed by atoms with E-state index in [-0.39, 0.29) is 10.8 Å². The molecule has 0 fully saturated rings. The van der Waals surface area contributed by atoms with E-state index in [1.165, 1.54) is 5.56 Å². The molecule has 0 aliphatic rings. The van der Waals surface area contributed by atoms with E-state index >= 15 is 0 Å². The number of aromatic nitrogens is 2. The standard InChI is InChI=1S/C19H24N4/c1-18(2,3)14-10-12-21-17(16(14)19(4,5)6)23-13-22-15-9-7-8-11-20-15/h7-12H,1-6H3. The first-order chi connectivity index (χ1) is 10.7. The lowest BCUT2D eigenvalue weighted by molar-refractivity contribution is 0.529. The molecule has 0 unspecified atom stereocenters. The van der Waals surface area contributed by atoms with Crippen LogP contribution in [0, 0.1) is 0 Å². The highest BCUT2D eigenvalue weighted by Crippen LogP contribution is 2.38. The van der Waals surface area contributed by atoms with Gasteiger partial charge in [-0.3, -0.25) is 0 Å². The molecule has 0 bridgehead atoms. The molecule has 0 aliphatic carbocycles. The third kappa shape index (κ3) is 4.33. The lowest BCUT2D eigenvalue weighted by Gasteiger charge is -2.30. The molecule has 0 amide bonds. The van der Waals surface area contributed by atoms with Gasteiger partial charge in [-0.2, -0.15) is 9.98 Å². The van der Waals surface area contributed by atoms with Crippen LogP contribution in [0.3, 0.4) is 0 Å². The van der Waals surface area contributed by atoms with Crippen molar-refractivity contribution in [3.8, 4) is 0 Å². The molecule has 0 N–H and O–H groups in total. The van der Waals surface area contributed by atoms with Crippen molar-refractivity contribution >= 4 is 17.6 Å². The summed E-state index contributed by atoms with van der Waals surface area (Å²) in [5, 5.41) is 0. The second-order valence-electron chi connectivity index (χ2n) is 7.57. The molecule has 2 rings (SSSR count). The predicted octanol–water partition coefficient (Wildman–Crippen LogP) is 5.21. The van der Waals surface area contributed by atoms with Crippen LogP contribution < -0.4 is 0 Å². The van der Waals surface area contributed by atoms with Gasteiger partial charge in [-0.25, -0.2) is 9.97 Å². The fourth-order valence-electron chi connectivity index (χ4n) is 2.44. The molecule has 0 saturated carbocycles. The fraction of sp³-hybridized carbons (Fsp3) is 0.421. The maximum atomic E-state index is 4.44. The Morgan fingerprint density at radius 1 is 0.826 bits per heavy atom. The van der Waals surface area contributed by atoms with Gasteiger partial charge in [-0.15, -0.1) is 0 Å². The average Bonchev–Trinajstić information content (AvgIpc) is 2.46. The molecular weight excluding hydrogens is 284 g/mol. The number of rotatable bonds is 2. The normalized spacial score (nSPS) is 11.7. The van der Waals surface area contributed by atoms with Crippen LogP contribution in [0.1, 0.15) is 52.7 Å². The van der Waals surface area contributed by atoms with Crippen molar-refractivity contribution in [2.45, 2.75) is 52.4 Å². The molecule has 0 aliphatic heterocycles. The lowest BCUT2D eigenvalue weighted by atomic mass is 9.75. The van der Waals surface area contributed by atoms with Crippen LogP contribution in [0.5, 0.6) is 0 Å². The van der Waals surface area contributed by atoms with Gasteiger partial charge in [0.2, 0.25) is 0 Å². The van der Waals surface area contributed by atoms with E-state index in [1.807, 2.05) is 18.2 Å². The van der Waals surface area contributed by atoms with E-state index in [9.17, 15) is 0 Å². The highest BCUT2D eigenvalue weighted by atomic mass is 15.0. The van der Waals surface area contributed by atoms with Gasteiger partial charge in [0.1, 0.15) is 6.01 Å². The molecule has 23 heavy (non-hydrogen) atoms. The Bertz CT molecular complexity index is 728. The Kier molecular flexibility index (Phi) is 4.76. The topological polar surface area (TPSA) is 50.5 Å². The van der Waals surface area contributed by atoms with Crippen molar-refractivity contribution in [3.63, 3.8) is 0 Å². The summed E-state index contributed by atoms with van der Waals surface area (Å²) in [6, 6.07) is 10.4. The van der Waals surface area contributed by atoms with E-state index in [0.717, 1.165) is 5.56 Å². The summed E-state index contributed by atoms with van der Waals surface area (Å²) in [5.74, 6) is 1.25. The number of pyridine rings is 2. The number of hydrogen-bond donors (Lipinski definition) is 0. The minimum Gasteiger partial charge on any atom is -0.236 e. The molecule has 2 aromatic heterocycles. The Balaban J connectivity index is 2.53. The van der Waals surface area contributed by atoms with E-state index in [0.29, 0.717) is 11.6 Å². The van der Waals surface area contributed by atoms with Crippen molar-refractivity contribution in [3.05, 3.63) is 47.8 Å². The molecule has 2 aromatic rings. The monoisotopic (exact) mass is 308 g/mol. The SMILES string of the molecule is CC(C)(C)c1ccnc(N=C=Nc2ccccn2)c1C(C)(C)C. The summed E-state index contributed by atoms with van der Waals surface area (Å²) in [5.41, 5.74) is 2.34. The molecule has 120 valence electrons. The van der Waals surface area contributed by atoms with Gasteiger partial charge in [0, 0.05) is 18.0 Å². The highest BCUT2D eigenvalue weighted by molar-refractivity contribution is 5.59. The zero-order valence-corrected chi connectivity index (χ0v) is 14.8. The van der Waals surface area contributed by atoms with E-state index in [2.05, 4.69) is 73.6 Å². The number of aliphatic imine (C=N–C) groups is 2. The first-order valence-corrected chi connectivity index (χ1v) is 7.77. The Morgan fingerprint density at radius 2 is 1.57 bits per heavy atom. The predicted molar refractivity (Wildman–Crippen MR) is 95.1 cm³/mol. The molecule has 0 saturated heterocycles. The first kappa shape index (κ1) is 17.0. The van der Waals surface area contributed by atoms with Crippen molar-refractivity contribution in [2.24, 2.45) is 9.98 Å². The van der Waals surface area contributed by atoms with E-state index in [4.69, 9.17) is 0 Å². The van der Waals surface area contributed by atoms with Gasteiger partial charge in [-0.1, -0.05) is 47.6 Å². The molecule has 0 spiro atoms. The zero-order chi connectivity index (χ0) is 17.1. The first-order valence-electron chi connectivity index (χ1n) is 7.77. The third-order valence-electron chi connectivity index (χ3n) is 3.46. The summed E-state index contributed by atoms with van der Waals surface area (Å²) < 4.78 is 0.